The highest BCUT2D eigenvalue weighted by atomic mass is 35.5. The van der Waals surface area contributed by atoms with E-state index < -0.39 is 0 Å². The Morgan fingerprint density at radius 1 is 1.07 bits per heavy atom. The van der Waals surface area contributed by atoms with E-state index in [1.807, 2.05) is 36.4 Å². The zero-order valence-corrected chi connectivity index (χ0v) is 16.5. The lowest BCUT2D eigenvalue weighted by Gasteiger charge is -2.36. The summed E-state index contributed by atoms with van der Waals surface area (Å²) in [5.41, 5.74) is 2.96. The van der Waals surface area contributed by atoms with Crippen LogP contribution >= 0.6 is 11.6 Å². The van der Waals surface area contributed by atoms with Crippen LogP contribution in [-0.2, 0) is 6.54 Å². The first-order chi connectivity index (χ1) is 13.1. The maximum atomic E-state index is 12.1. The number of nitrogens with one attached hydrogen (secondary N) is 2. The topological polar surface area (TPSA) is 47.6 Å². The molecule has 0 atom stereocenters. The third-order valence-electron chi connectivity index (χ3n) is 4.74. The molecule has 0 spiro atoms. The summed E-state index contributed by atoms with van der Waals surface area (Å²) in [6.45, 7) is 8.16. The van der Waals surface area contributed by atoms with Gasteiger partial charge in [0.1, 0.15) is 0 Å². The van der Waals surface area contributed by atoms with Crippen molar-refractivity contribution >= 4 is 29.0 Å². The Hall–Kier alpha value is -2.24. The van der Waals surface area contributed by atoms with Crippen LogP contribution in [0.25, 0.3) is 0 Å². The number of rotatable bonds is 6. The van der Waals surface area contributed by atoms with E-state index in [0.29, 0.717) is 11.6 Å². The molecule has 0 saturated carbocycles. The number of anilines is 2. The van der Waals surface area contributed by atoms with Crippen molar-refractivity contribution < 1.29 is 4.79 Å². The number of piperazine rings is 1. The van der Waals surface area contributed by atoms with Gasteiger partial charge in [-0.3, -0.25) is 4.90 Å². The van der Waals surface area contributed by atoms with Crippen molar-refractivity contribution in [3.63, 3.8) is 0 Å². The van der Waals surface area contributed by atoms with Crippen molar-refractivity contribution in [2.24, 2.45) is 0 Å². The third kappa shape index (κ3) is 5.88. The van der Waals surface area contributed by atoms with Crippen LogP contribution in [0.3, 0.4) is 0 Å². The second kappa shape index (κ2) is 9.62. The summed E-state index contributed by atoms with van der Waals surface area (Å²) in [6.07, 6.45) is 1.21. The molecule has 1 saturated heterocycles. The molecule has 1 aliphatic heterocycles. The fourth-order valence-corrected chi connectivity index (χ4v) is 3.52. The molecule has 144 valence electrons. The zero-order valence-electron chi connectivity index (χ0n) is 15.7. The zero-order chi connectivity index (χ0) is 19.1. The lowest BCUT2D eigenvalue weighted by molar-refractivity contribution is 0.251. The summed E-state index contributed by atoms with van der Waals surface area (Å²) in [4.78, 5) is 17.0. The first-order valence-corrected chi connectivity index (χ1v) is 9.88. The van der Waals surface area contributed by atoms with Crippen LogP contribution < -0.4 is 15.5 Å². The van der Waals surface area contributed by atoms with Gasteiger partial charge in [-0.2, -0.15) is 0 Å². The molecule has 0 radical (unpaired) electrons. The van der Waals surface area contributed by atoms with Crippen molar-refractivity contribution in [3.05, 3.63) is 59.1 Å². The second-order valence-corrected chi connectivity index (χ2v) is 7.25. The molecule has 1 aliphatic rings. The van der Waals surface area contributed by atoms with Crippen molar-refractivity contribution in [1.82, 2.24) is 10.2 Å². The van der Waals surface area contributed by atoms with E-state index in [-0.39, 0.29) is 6.03 Å². The van der Waals surface area contributed by atoms with Crippen LogP contribution in [0, 0.1) is 0 Å². The first kappa shape index (κ1) is 19.5. The van der Waals surface area contributed by atoms with E-state index in [1.54, 1.807) is 0 Å². The number of carbonyl (C=O) groups excluding carboxylic acids is 1. The van der Waals surface area contributed by atoms with E-state index in [9.17, 15) is 4.79 Å². The van der Waals surface area contributed by atoms with Gasteiger partial charge in [-0.15, -0.1) is 0 Å². The maximum absolute atomic E-state index is 12.1. The smallest absolute Gasteiger partial charge is 0.319 e. The number of nitrogens with zero attached hydrogens (tertiary/aromatic N) is 2. The summed E-state index contributed by atoms with van der Waals surface area (Å²) >= 11 is 5.96. The van der Waals surface area contributed by atoms with Gasteiger partial charge >= 0.3 is 6.03 Å². The lowest BCUT2D eigenvalue weighted by Crippen LogP contribution is -2.46. The van der Waals surface area contributed by atoms with Crippen LogP contribution in [0.15, 0.2) is 48.5 Å². The minimum atomic E-state index is -0.226. The van der Waals surface area contributed by atoms with Gasteiger partial charge in [0.15, 0.2) is 0 Å². The van der Waals surface area contributed by atoms with Crippen LogP contribution in [0.2, 0.25) is 5.02 Å². The van der Waals surface area contributed by atoms with Crippen molar-refractivity contribution in [2.75, 3.05) is 42.9 Å². The summed E-state index contributed by atoms with van der Waals surface area (Å²) in [7, 11) is 0. The Balaban J connectivity index is 1.47. The van der Waals surface area contributed by atoms with Crippen molar-refractivity contribution in [3.8, 4) is 0 Å². The lowest BCUT2D eigenvalue weighted by atomic mass is 10.2. The summed E-state index contributed by atoms with van der Waals surface area (Å²) < 4.78 is 0. The molecular weight excluding hydrogens is 360 g/mol. The number of hydrogen-bond acceptors (Lipinski definition) is 3. The van der Waals surface area contributed by atoms with Gasteiger partial charge in [0.25, 0.3) is 0 Å². The van der Waals surface area contributed by atoms with Gasteiger partial charge in [-0.25, -0.2) is 4.79 Å². The number of halogens is 1. The van der Waals surface area contributed by atoms with Crippen molar-refractivity contribution in [1.29, 1.82) is 0 Å². The first-order valence-electron chi connectivity index (χ1n) is 9.50. The highest BCUT2D eigenvalue weighted by Gasteiger charge is 2.16. The average Bonchev–Trinajstić information content (AvgIpc) is 2.68. The molecule has 2 aromatic carbocycles. The summed E-state index contributed by atoms with van der Waals surface area (Å²) in [5.74, 6) is 0. The fourth-order valence-electron chi connectivity index (χ4n) is 3.31. The molecule has 1 heterocycles. The molecule has 3 rings (SSSR count). The number of benzene rings is 2. The summed E-state index contributed by atoms with van der Waals surface area (Å²) in [6, 6.07) is 15.3. The highest BCUT2D eigenvalue weighted by Crippen LogP contribution is 2.19. The molecule has 27 heavy (non-hydrogen) atoms. The van der Waals surface area contributed by atoms with E-state index in [0.717, 1.165) is 37.4 Å². The molecule has 0 aromatic heterocycles. The predicted octanol–water partition coefficient (Wildman–Crippen LogP) is 4.19. The highest BCUT2D eigenvalue weighted by molar-refractivity contribution is 6.30. The number of amides is 2. The molecule has 5 nitrogen and oxygen atoms in total. The minimum Gasteiger partial charge on any atom is -0.369 e. The molecule has 6 heteroatoms. The molecular formula is C21H27ClN4O. The van der Waals surface area contributed by atoms with Gasteiger partial charge in [0.05, 0.1) is 0 Å². The number of carbonyl (C=O) groups is 1. The van der Waals surface area contributed by atoms with Gasteiger partial charge in [-0.05, 0) is 54.9 Å². The Morgan fingerprint density at radius 2 is 1.81 bits per heavy atom. The molecule has 0 unspecified atom stereocenters. The molecule has 2 N–H and O–H groups in total. The fraction of sp³-hybridized carbons (Fsp3) is 0.381. The molecule has 0 aliphatic carbocycles. The van der Waals surface area contributed by atoms with Crippen LogP contribution in [0.1, 0.15) is 18.9 Å². The molecule has 1 fully saturated rings. The average molecular weight is 387 g/mol. The van der Waals surface area contributed by atoms with Crippen molar-refractivity contribution in [2.45, 2.75) is 19.9 Å². The Bertz CT molecular complexity index is 742. The van der Waals surface area contributed by atoms with E-state index in [2.05, 4.69) is 39.5 Å². The van der Waals surface area contributed by atoms with Gasteiger partial charge in [0.2, 0.25) is 0 Å². The monoisotopic (exact) mass is 386 g/mol. The van der Waals surface area contributed by atoms with E-state index in [1.165, 1.54) is 18.7 Å². The largest absolute Gasteiger partial charge is 0.369 e. The second-order valence-electron chi connectivity index (χ2n) is 6.81. The Labute approximate surface area is 166 Å². The van der Waals surface area contributed by atoms with E-state index in [4.69, 9.17) is 11.6 Å². The normalized spacial score (nSPS) is 14.8. The number of urea groups is 1. The van der Waals surface area contributed by atoms with E-state index >= 15 is 0 Å². The minimum absolute atomic E-state index is 0.226. The number of hydrogen-bond donors (Lipinski definition) is 2. The van der Waals surface area contributed by atoms with Crippen LogP contribution in [0.5, 0.6) is 0 Å². The van der Waals surface area contributed by atoms with Crippen LogP contribution in [0.4, 0.5) is 16.2 Å². The molecule has 2 aromatic rings. The Kier molecular flexibility index (Phi) is 6.96. The SMILES string of the molecule is CCCN1CCN(c2ccc(NC(=O)NCc3cccc(Cl)c3)cc2)CC1. The third-order valence-corrected chi connectivity index (χ3v) is 4.98. The quantitative estimate of drug-likeness (QED) is 0.782. The maximum Gasteiger partial charge on any atom is 0.319 e. The van der Waals surface area contributed by atoms with Gasteiger partial charge in [-0.1, -0.05) is 30.7 Å². The predicted molar refractivity (Wildman–Crippen MR) is 113 cm³/mol. The summed E-state index contributed by atoms with van der Waals surface area (Å²) in [5, 5.41) is 6.38. The Morgan fingerprint density at radius 3 is 2.48 bits per heavy atom. The molecule has 2 amide bonds. The standard InChI is InChI=1S/C21H27ClN4O/c1-2-10-25-11-13-26(14-12-25)20-8-6-19(7-9-20)24-21(27)23-16-17-4-3-5-18(22)15-17/h3-9,15H,2,10-14,16H2,1H3,(H2,23,24,27). The van der Waals surface area contributed by atoms with Gasteiger partial charge in [0, 0.05) is 49.1 Å². The molecule has 0 bridgehead atoms. The van der Waals surface area contributed by atoms with Crippen LogP contribution in [-0.4, -0.2) is 43.7 Å². The van der Waals surface area contributed by atoms with Gasteiger partial charge < -0.3 is 15.5 Å².